The molecule has 0 bridgehead atoms. The summed E-state index contributed by atoms with van der Waals surface area (Å²) in [6.45, 7) is -0.0530. The molecule has 0 aliphatic heterocycles. The van der Waals surface area contributed by atoms with E-state index in [0.29, 0.717) is 19.8 Å². The standard InChI is InChI=1S/C15H14BrNO3.C14H12BrNO3.C8H8BrNO3.C5H4BrNO/c1-20-15(19)13(9-11-5-3-2-4-6-11)17-8-7-12(16)10-14(17)18;15-11-6-7-16(13(17)9-11)12(14(18)19)8-10-4-2-1-3-5-10;1-13-8(12)5-10-3-2-6(9)4-7(10)11;6-4-1-2-7-5(8)3-4/h2-8,10,13H,9H2,1H3;1-7,9,12H,8H2,(H,18,19);2-4H,5H2,1H3;1-3H,(H,7,8). The predicted octanol–water partition coefficient (Wildman–Crippen LogP) is 6.97. The molecule has 2 N–H and O–H groups in total. The van der Waals surface area contributed by atoms with Crippen molar-refractivity contribution in [3.05, 3.63) is 204 Å². The number of methoxy groups -OCH3 is 2. The number of hydrogen-bond acceptors (Lipinski definition) is 9. The second-order valence-electron chi connectivity index (χ2n) is 12.2. The molecule has 2 unspecified atom stereocenters. The maximum absolute atomic E-state index is 12.0. The van der Waals surface area contributed by atoms with Crippen molar-refractivity contribution in [3.8, 4) is 0 Å². The summed E-state index contributed by atoms with van der Waals surface area (Å²) in [5.41, 5.74) is 0.949. The van der Waals surface area contributed by atoms with Crippen LogP contribution in [-0.4, -0.2) is 55.9 Å². The van der Waals surface area contributed by atoms with Crippen LogP contribution in [0.25, 0.3) is 0 Å². The zero-order valence-electron chi connectivity index (χ0n) is 32.0. The Morgan fingerprint density at radius 2 is 1.05 bits per heavy atom. The third kappa shape index (κ3) is 16.7. The van der Waals surface area contributed by atoms with Crippen LogP contribution in [0.3, 0.4) is 0 Å². The third-order valence-electron chi connectivity index (χ3n) is 8.02. The second-order valence-corrected chi connectivity index (χ2v) is 15.9. The Bertz CT molecular complexity index is 2580. The van der Waals surface area contributed by atoms with Crippen molar-refractivity contribution in [2.24, 2.45) is 0 Å². The number of benzene rings is 2. The van der Waals surface area contributed by atoms with E-state index in [2.05, 4.69) is 73.4 Å². The van der Waals surface area contributed by atoms with Gasteiger partial charge in [0.2, 0.25) is 5.56 Å². The number of rotatable bonds is 10. The Labute approximate surface area is 377 Å². The van der Waals surface area contributed by atoms with Crippen LogP contribution in [-0.2, 0) is 43.2 Å². The quantitative estimate of drug-likeness (QED) is 0.136. The monoisotopic (exact) mass is 1070 g/mol. The van der Waals surface area contributed by atoms with Crippen molar-refractivity contribution < 1.29 is 29.0 Å². The normalized spacial score (nSPS) is 11.1. The fourth-order valence-corrected chi connectivity index (χ4v) is 6.38. The average molecular weight is 1080 g/mol. The van der Waals surface area contributed by atoms with Crippen LogP contribution < -0.4 is 22.2 Å². The Balaban J connectivity index is 0.000000224. The van der Waals surface area contributed by atoms with Crippen molar-refractivity contribution in [3.63, 3.8) is 0 Å². The SMILES string of the molecule is COC(=O)C(Cc1ccccc1)n1ccc(Br)cc1=O.COC(=O)Cn1ccc(Br)cc1=O.O=C(O)C(Cc1ccccc1)n1ccc(Br)cc1=O.O=c1cc(Br)cc[nH]1. The summed E-state index contributed by atoms with van der Waals surface area (Å²) in [6.07, 6.45) is 6.90. The first-order valence-corrected chi connectivity index (χ1v) is 20.7. The number of carbonyl (C=O) groups is 3. The number of aromatic nitrogens is 4. The molecule has 4 aromatic heterocycles. The summed E-state index contributed by atoms with van der Waals surface area (Å²) < 4.78 is 16.0. The number of carboxylic acids is 1. The number of nitrogens with one attached hydrogen (secondary N) is 1. The number of aromatic amines is 1. The van der Waals surface area contributed by atoms with E-state index in [1.165, 1.54) is 64.6 Å². The molecule has 6 rings (SSSR count). The van der Waals surface area contributed by atoms with Gasteiger partial charge in [-0.1, -0.05) is 124 Å². The zero-order valence-corrected chi connectivity index (χ0v) is 38.3. The molecule has 2 aromatic carbocycles. The molecule has 0 saturated carbocycles. The van der Waals surface area contributed by atoms with Gasteiger partial charge in [0.15, 0.2) is 0 Å². The van der Waals surface area contributed by atoms with Gasteiger partial charge in [0.1, 0.15) is 18.6 Å². The number of nitrogens with zero attached hydrogens (tertiary/aromatic N) is 3. The number of aliphatic carboxylic acids is 1. The van der Waals surface area contributed by atoms with Crippen LogP contribution in [0.2, 0.25) is 0 Å². The maximum Gasteiger partial charge on any atom is 0.329 e. The third-order valence-corrected chi connectivity index (χ3v) is 9.99. The Hall–Kier alpha value is -5.43. The lowest BCUT2D eigenvalue weighted by Crippen LogP contribution is -2.31. The van der Waals surface area contributed by atoms with Gasteiger partial charge in [0.25, 0.3) is 16.7 Å². The van der Waals surface area contributed by atoms with Crippen LogP contribution in [0.5, 0.6) is 0 Å². The highest BCUT2D eigenvalue weighted by Gasteiger charge is 2.23. The minimum atomic E-state index is -1.02. The molecule has 0 saturated heterocycles. The summed E-state index contributed by atoms with van der Waals surface area (Å²) in [6, 6.07) is 29.7. The van der Waals surface area contributed by atoms with Gasteiger partial charge >= 0.3 is 17.9 Å². The van der Waals surface area contributed by atoms with E-state index >= 15 is 0 Å². The van der Waals surface area contributed by atoms with E-state index in [4.69, 9.17) is 4.74 Å². The molecular formula is C42H38Br4N4O10. The highest BCUT2D eigenvalue weighted by atomic mass is 79.9. The molecule has 0 aliphatic rings. The summed E-state index contributed by atoms with van der Waals surface area (Å²) in [4.78, 5) is 82.1. The summed E-state index contributed by atoms with van der Waals surface area (Å²) in [5.74, 6) is -1.89. The lowest BCUT2D eigenvalue weighted by molar-refractivity contribution is -0.145. The molecule has 0 amide bonds. The van der Waals surface area contributed by atoms with Gasteiger partial charge < -0.3 is 33.3 Å². The van der Waals surface area contributed by atoms with Gasteiger partial charge in [-0.2, -0.15) is 0 Å². The van der Waals surface area contributed by atoms with E-state index < -0.39 is 30.0 Å². The minimum absolute atomic E-state index is 0.0530. The minimum Gasteiger partial charge on any atom is -0.480 e. The smallest absolute Gasteiger partial charge is 0.329 e. The van der Waals surface area contributed by atoms with Gasteiger partial charge in [-0.05, 0) is 35.4 Å². The molecule has 60 heavy (non-hydrogen) atoms. The second kappa shape index (κ2) is 25.3. The molecule has 0 spiro atoms. The molecule has 4 heterocycles. The molecule has 0 radical (unpaired) electrons. The summed E-state index contributed by atoms with van der Waals surface area (Å²) >= 11 is 12.7. The van der Waals surface area contributed by atoms with Crippen LogP contribution in [0.15, 0.2) is 171 Å². The van der Waals surface area contributed by atoms with Gasteiger partial charge in [0.05, 0.1) is 14.2 Å². The van der Waals surface area contributed by atoms with E-state index in [1.807, 2.05) is 60.7 Å². The van der Waals surface area contributed by atoms with Crippen molar-refractivity contribution in [1.29, 1.82) is 0 Å². The van der Waals surface area contributed by atoms with E-state index in [9.17, 15) is 38.7 Å². The molecule has 314 valence electrons. The zero-order chi connectivity index (χ0) is 44.2. The first kappa shape index (κ1) is 48.9. The van der Waals surface area contributed by atoms with Crippen molar-refractivity contribution in [1.82, 2.24) is 18.7 Å². The van der Waals surface area contributed by atoms with Crippen molar-refractivity contribution >= 4 is 81.6 Å². The van der Waals surface area contributed by atoms with Crippen molar-refractivity contribution in [2.45, 2.75) is 31.5 Å². The Morgan fingerprint density at radius 1 is 0.600 bits per heavy atom. The topological polar surface area (TPSA) is 189 Å². The Kier molecular flexibility index (Phi) is 20.6. The summed E-state index contributed by atoms with van der Waals surface area (Å²) in [5, 5.41) is 9.31. The van der Waals surface area contributed by atoms with Crippen LogP contribution in [0, 0.1) is 0 Å². The number of esters is 2. The van der Waals surface area contributed by atoms with Crippen molar-refractivity contribution in [2.75, 3.05) is 14.2 Å². The number of carboxylic acid groups (broad SMARTS) is 1. The number of ether oxygens (including phenoxy) is 2. The average Bonchev–Trinajstić information content (AvgIpc) is 3.21. The number of halogens is 4. The highest BCUT2D eigenvalue weighted by Crippen LogP contribution is 2.17. The largest absolute Gasteiger partial charge is 0.480 e. The molecule has 0 aliphatic carbocycles. The fourth-order valence-electron chi connectivity index (χ4n) is 5.09. The molecule has 2 atom stereocenters. The summed E-state index contributed by atoms with van der Waals surface area (Å²) in [7, 11) is 2.61. The number of H-pyrrole nitrogens is 1. The lowest BCUT2D eigenvalue weighted by atomic mass is 10.1. The maximum atomic E-state index is 12.0. The number of hydrogen-bond donors (Lipinski definition) is 2. The van der Waals surface area contributed by atoms with Crippen LogP contribution in [0.1, 0.15) is 23.2 Å². The first-order chi connectivity index (χ1) is 28.6. The number of carbonyl (C=O) groups excluding carboxylic acids is 2. The van der Waals surface area contributed by atoms with Gasteiger partial charge in [-0.25, -0.2) is 9.59 Å². The first-order valence-electron chi connectivity index (χ1n) is 17.5. The van der Waals surface area contributed by atoms with Gasteiger partial charge in [-0.15, -0.1) is 0 Å². The lowest BCUT2D eigenvalue weighted by Gasteiger charge is -2.17. The molecule has 0 fully saturated rings. The highest BCUT2D eigenvalue weighted by molar-refractivity contribution is 9.11. The Morgan fingerprint density at radius 3 is 1.45 bits per heavy atom. The van der Waals surface area contributed by atoms with E-state index in [-0.39, 0.29) is 35.2 Å². The predicted molar refractivity (Wildman–Crippen MR) is 240 cm³/mol. The number of pyridine rings is 4. The molecular weight excluding hydrogens is 1040 g/mol. The van der Waals surface area contributed by atoms with E-state index in [1.54, 1.807) is 36.7 Å². The fraction of sp³-hybridized carbons (Fsp3) is 0.167. The molecule has 14 nitrogen and oxygen atoms in total. The van der Waals surface area contributed by atoms with Gasteiger partial charge in [-0.3, -0.25) is 24.0 Å². The van der Waals surface area contributed by atoms with Crippen LogP contribution in [0.4, 0.5) is 0 Å². The van der Waals surface area contributed by atoms with E-state index in [0.717, 1.165) is 15.6 Å². The van der Waals surface area contributed by atoms with Gasteiger partial charge in [0, 0.05) is 79.8 Å². The molecule has 18 heteroatoms. The van der Waals surface area contributed by atoms with Crippen LogP contribution >= 0.6 is 63.7 Å². The molecule has 6 aromatic rings.